The average Bonchev–Trinajstić information content (AvgIpc) is 2.73. The number of carbonyl (C=O) groups is 1. The van der Waals surface area contributed by atoms with Gasteiger partial charge in [0.1, 0.15) is 5.82 Å². The second-order valence-corrected chi connectivity index (χ2v) is 5.18. The summed E-state index contributed by atoms with van der Waals surface area (Å²) in [7, 11) is 0. The minimum atomic E-state index is -0.372. The molecule has 1 saturated heterocycles. The molecule has 2 rings (SSSR count). The summed E-state index contributed by atoms with van der Waals surface area (Å²) in [6, 6.07) is 0.322. The molecule has 0 amide bonds. The van der Waals surface area contributed by atoms with Crippen LogP contribution in [0.15, 0.2) is 0 Å². The first-order chi connectivity index (χ1) is 8.24. The van der Waals surface area contributed by atoms with Crippen molar-refractivity contribution in [2.75, 3.05) is 18.1 Å². The molecule has 0 bridgehead atoms. The Morgan fingerprint density at radius 2 is 2.41 bits per heavy atom. The van der Waals surface area contributed by atoms with Gasteiger partial charge in [0.15, 0.2) is 0 Å². The van der Waals surface area contributed by atoms with E-state index in [1.54, 1.807) is 6.92 Å². The number of hydrogen-bond donors (Lipinski definition) is 0. The number of aryl methyl sites for hydroxylation is 1. The zero-order valence-electron chi connectivity index (χ0n) is 10.2. The van der Waals surface area contributed by atoms with E-state index in [1.165, 1.54) is 12.2 Å². The van der Waals surface area contributed by atoms with E-state index < -0.39 is 0 Å². The topological polar surface area (TPSA) is 57.0 Å². The normalized spacial score (nSPS) is 20.2. The Hall–Kier alpha value is -1.04. The molecule has 1 unspecified atom stereocenters. The summed E-state index contributed by atoms with van der Waals surface area (Å²) in [6.07, 6.45) is 2.26. The van der Waals surface area contributed by atoms with Gasteiger partial charge in [-0.2, -0.15) is 11.8 Å². The van der Waals surface area contributed by atoms with Crippen molar-refractivity contribution in [3.63, 3.8) is 0 Å². The lowest BCUT2D eigenvalue weighted by Crippen LogP contribution is -2.22. The molecule has 0 radical (unpaired) electrons. The molecule has 0 spiro atoms. The Balaban J connectivity index is 2.25. The van der Waals surface area contributed by atoms with Gasteiger partial charge in [-0.1, -0.05) is 0 Å². The molecule has 0 aromatic carbocycles. The molecule has 1 aliphatic heterocycles. The summed E-state index contributed by atoms with van der Waals surface area (Å²) in [6.45, 7) is 4.04. The number of nitrogens with zero attached hydrogens (tertiary/aromatic N) is 3. The molecule has 94 valence electrons. The predicted octanol–water partition coefficient (Wildman–Crippen LogP) is 1.83. The van der Waals surface area contributed by atoms with Gasteiger partial charge in [0.2, 0.25) is 5.82 Å². The number of carbonyl (C=O) groups excluding carboxylic acids is 1. The van der Waals surface area contributed by atoms with E-state index in [0.717, 1.165) is 18.0 Å². The van der Waals surface area contributed by atoms with Gasteiger partial charge in [-0.25, -0.2) is 4.79 Å². The molecule has 1 fully saturated rings. The van der Waals surface area contributed by atoms with Crippen LogP contribution in [0.3, 0.4) is 0 Å². The van der Waals surface area contributed by atoms with Crippen molar-refractivity contribution in [3.8, 4) is 0 Å². The van der Waals surface area contributed by atoms with Gasteiger partial charge in [0.25, 0.3) is 0 Å². The molecule has 0 saturated carbocycles. The maximum absolute atomic E-state index is 11.8. The summed E-state index contributed by atoms with van der Waals surface area (Å²) < 4.78 is 6.94. The summed E-state index contributed by atoms with van der Waals surface area (Å²) in [5, 5.41) is 7.94. The zero-order chi connectivity index (χ0) is 12.3. The summed E-state index contributed by atoms with van der Waals surface area (Å²) >= 11 is 1.92. The second kappa shape index (κ2) is 5.53. The van der Waals surface area contributed by atoms with Gasteiger partial charge < -0.3 is 9.30 Å². The quantitative estimate of drug-likeness (QED) is 0.771. The highest BCUT2D eigenvalue weighted by molar-refractivity contribution is 7.99. The number of rotatable bonds is 3. The van der Waals surface area contributed by atoms with Crippen LogP contribution in [0.5, 0.6) is 0 Å². The van der Waals surface area contributed by atoms with Crippen molar-refractivity contribution < 1.29 is 9.53 Å². The van der Waals surface area contributed by atoms with Crippen LogP contribution >= 0.6 is 11.8 Å². The standard InChI is InChI=1S/C11H17N3O2S/c1-3-16-11(15)10-13-12-8(2)14(10)9-5-4-6-17-7-9/h9H,3-7H2,1-2H3. The number of esters is 1. The van der Waals surface area contributed by atoms with Gasteiger partial charge in [-0.05, 0) is 32.4 Å². The fraction of sp³-hybridized carbons (Fsp3) is 0.727. The molecule has 0 aliphatic carbocycles. The molecule has 0 N–H and O–H groups in total. The summed E-state index contributed by atoms with van der Waals surface area (Å²) in [4.78, 5) is 11.8. The Bertz CT molecular complexity index is 399. The highest BCUT2D eigenvalue weighted by atomic mass is 32.2. The number of ether oxygens (including phenoxy) is 1. The van der Waals surface area contributed by atoms with Crippen molar-refractivity contribution in [2.24, 2.45) is 0 Å². The average molecular weight is 255 g/mol. The Morgan fingerprint density at radius 3 is 3.06 bits per heavy atom. The lowest BCUT2D eigenvalue weighted by atomic mass is 10.2. The Labute approximate surface area is 105 Å². The fourth-order valence-corrected chi connectivity index (χ4v) is 3.19. The number of thioether (sulfide) groups is 1. The van der Waals surface area contributed by atoms with E-state index in [9.17, 15) is 4.79 Å². The van der Waals surface area contributed by atoms with Gasteiger partial charge in [-0.3, -0.25) is 0 Å². The molecule has 1 aliphatic rings. The first-order valence-corrected chi connectivity index (χ1v) is 7.06. The van der Waals surface area contributed by atoms with Crippen LogP contribution in [-0.4, -0.2) is 38.8 Å². The third kappa shape index (κ3) is 2.62. The molecular formula is C11H17N3O2S. The highest BCUT2D eigenvalue weighted by Gasteiger charge is 2.25. The fourth-order valence-electron chi connectivity index (χ4n) is 2.07. The molecule has 6 heteroatoms. The van der Waals surface area contributed by atoms with Crippen LogP contribution in [0, 0.1) is 6.92 Å². The van der Waals surface area contributed by atoms with Crippen LogP contribution in [0.25, 0.3) is 0 Å². The number of aromatic nitrogens is 3. The van der Waals surface area contributed by atoms with Crippen molar-refractivity contribution in [2.45, 2.75) is 32.7 Å². The Morgan fingerprint density at radius 1 is 1.59 bits per heavy atom. The van der Waals surface area contributed by atoms with E-state index in [2.05, 4.69) is 10.2 Å². The molecule has 1 aromatic heterocycles. The smallest absolute Gasteiger partial charge is 0.376 e. The predicted molar refractivity (Wildman–Crippen MR) is 66.3 cm³/mol. The van der Waals surface area contributed by atoms with Crippen molar-refractivity contribution in [1.82, 2.24) is 14.8 Å². The van der Waals surface area contributed by atoms with E-state index in [1.807, 2.05) is 23.3 Å². The van der Waals surface area contributed by atoms with Gasteiger partial charge >= 0.3 is 5.97 Å². The van der Waals surface area contributed by atoms with Crippen molar-refractivity contribution >= 4 is 17.7 Å². The summed E-state index contributed by atoms with van der Waals surface area (Å²) in [5.74, 6) is 2.98. The molecular weight excluding hydrogens is 238 g/mol. The first kappa shape index (κ1) is 12.4. The van der Waals surface area contributed by atoms with Crippen molar-refractivity contribution in [1.29, 1.82) is 0 Å². The molecule has 5 nitrogen and oxygen atoms in total. The van der Waals surface area contributed by atoms with Gasteiger partial charge in [0.05, 0.1) is 6.61 Å². The number of hydrogen-bond acceptors (Lipinski definition) is 5. The zero-order valence-corrected chi connectivity index (χ0v) is 11.0. The first-order valence-electron chi connectivity index (χ1n) is 5.90. The molecule has 1 aromatic rings. The lowest BCUT2D eigenvalue weighted by Gasteiger charge is -2.24. The van der Waals surface area contributed by atoms with Crippen LogP contribution in [0.2, 0.25) is 0 Å². The highest BCUT2D eigenvalue weighted by Crippen LogP contribution is 2.28. The second-order valence-electron chi connectivity index (χ2n) is 4.03. The largest absolute Gasteiger partial charge is 0.460 e. The van der Waals surface area contributed by atoms with Gasteiger partial charge in [0, 0.05) is 11.8 Å². The van der Waals surface area contributed by atoms with E-state index in [0.29, 0.717) is 18.5 Å². The SMILES string of the molecule is CCOC(=O)c1nnc(C)n1C1CCCSC1. The van der Waals surface area contributed by atoms with Gasteiger partial charge in [-0.15, -0.1) is 10.2 Å². The molecule has 2 heterocycles. The minimum absolute atomic E-state index is 0.322. The molecule has 17 heavy (non-hydrogen) atoms. The third-order valence-electron chi connectivity index (χ3n) is 2.83. The van der Waals surface area contributed by atoms with E-state index in [4.69, 9.17) is 4.74 Å². The van der Waals surface area contributed by atoms with Crippen LogP contribution in [-0.2, 0) is 4.74 Å². The van der Waals surface area contributed by atoms with E-state index in [-0.39, 0.29) is 5.97 Å². The van der Waals surface area contributed by atoms with Crippen molar-refractivity contribution in [3.05, 3.63) is 11.6 Å². The van der Waals surface area contributed by atoms with Crippen LogP contribution < -0.4 is 0 Å². The van der Waals surface area contributed by atoms with Crippen LogP contribution in [0.1, 0.15) is 42.3 Å². The third-order valence-corrected chi connectivity index (χ3v) is 4.02. The van der Waals surface area contributed by atoms with Crippen LogP contribution in [0.4, 0.5) is 0 Å². The minimum Gasteiger partial charge on any atom is -0.460 e. The maximum atomic E-state index is 11.8. The summed E-state index contributed by atoms with van der Waals surface area (Å²) in [5.41, 5.74) is 0. The lowest BCUT2D eigenvalue weighted by molar-refractivity contribution is 0.0503. The monoisotopic (exact) mass is 255 g/mol. The molecule has 1 atom stereocenters. The Kier molecular flexibility index (Phi) is 4.04. The van der Waals surface area contributed by atoms with E-state index >= 15 is 0 Å². The maximum Gasteiger partial charge on any atom is 0.376 e.